The molecule has 3 heteroatoms. The minimum atomic E-state index is -0.0622. The summed E-state index contributed by atoms with van der Waals surface area (Å²) < 4.78 is 0. The predicted octanol–water partition coefficient (Wildman–Crippen LogP) is 11.1. The highest BCUT2D eigenvalue weighted by molar-refractivity contribution is 5.76. The lowest BCUT2D eigenvalue weighted by Crippen LogP contribution is -2.37. The van der Waals surface area contributed by atoms with Gasteiger partial charge in [-0.3, -0.25) is 4.79 Å². The van der Waals surface area contributed by atoms with Crippen molar-refractivity contribution in [1.82, 2.24) is 5.32 Å². The highest BCUT2D eigenvalue weighted by Crippen LogP contribution is 2.14. The van der Waals surface area contributed by atoms with E-state index in [0.717, 1.165) is 32.1 Å². The van der Waals surface area contributed by atoms with Crippen LogP contribution < -0.4 is 5.32 Å². The zero-order valence-corrected chi connectivity index (χ0v) is 26.5. The minimum Gasteiger partial charge on any atom is -0.394 e. The van der Waals surface area contributed by atoms with Crippen LogP contribution in [0.5, 0.6) is 0 Å². The van der Waals surface area contributed by atoms with Gasteiger partial charge in [-0.1, -0.05) is 160 Å². The molecule has 0 aliphatic heterocycles. The van der Waals surface area contributed by atoms with Crippen molar-refractivity contribution in [2.45, 2.75) is 193 Å². The third kappa shape index (κ3) is 31.3. The van der Waals surface area contributed by atoms with Crippen LogP contribution in [0.1, 0.15) is 187 Å². The second-order valence-corrected chi connectivity index (χ2v) is 11.8. The largest absolute Gasteiger partial charge is 0.394 e. The minimum absolute atomic E-state index is 0.0619. The molecule has 0 rings (SSSR count). The molecule has 1 atom stereocenters. The zero-order chi connectivity index (χ0) is 28.5. The van der Waals surface area contributed by atoms with E-state index in [1.165, 1.54) is 135 Å². The molecule has 0 aliphatic carbocycles. The smallest absolute Gasteiger partial charge is 0.220 e. The lowest BCUT2D eigenvalue weighted by atomic mass is 10.0. The maximum absolute atomic E-state index is 12.3. The van der Waals surface area contributed by atoms with Crippen molar-refractivity contribution in [2.75, 3.05) is 6.61 Å². The van der Waals surface area contributed by atoms with E-state index in [2.05, 4.69) is 43.5 Å². The summed E-state index contributed by atoms with van der Waals surface area (Å²) in [5.41, 5.74) is 0. The maximum atomic E-state index is 12.3. The van der Waals surface area contributed by atoms with Gasteiger partial charge in [0.15, 0.2) is 0 Å². The van der Waals surface area contributed by atoms with Crippen LogP contribution in [0.2, 0.25) is 0 Å². The van der Waals surface area contributed by atoms with Gasteiger partial charge in [0, 0.05) is 6.42 Å². The fourth-order valence-corrected chi connectivity index (χ4v) is 5.19. The molecule has 1 amide bonds. The Morgan fingerprint density at radius 2 is 0.974 bits per heavy atom. The van der Waals surface area contributed by atoms with Crippen LogP contribution in [-0.2, 0) is 4.79 Å². The van der Waals surface area contributed by atoms with Crippen LogP contribution in [-0.4, -0.2) is 23.7 Å². The number of aliphatic hydroxyl groups is 1. The third-order valence-corrected chi connectivity index (χ3v) is 7.85. The lowest BCUT2D eigenvalue weighted by Gasteiger charge is -2.16. The highest BCUT2D eigenvalue weighted by Gasteiger charge is 2.10. The van der Waals surface area contributed by atoms with Crippen LogP contribution in [0.3, 0.4) is 0 Å². The Hall–Kier alpha value is -1.09. The van der Waals surface area contributed by atoms with Crippen molar-refractivity contribution in [3.8, 4) is 0 Å². The van der Waals surface area contributed by atoms with Gasteiger partial charge in [-0.25, -0.2) is 0 Å². The molecule has 0 aromatic heterocycles. The van der Waals surface area contributed by atoms with Crippen molar-refractivity contribution < 1.29 is 9.90 Å². The zero-order valence-electron chi connectivity index (χ0n) is 26.5. The van der Waals surface area contributed by atoms with E-state index in [9.17, 15) is 9.90 Å². The number of rotatable bonds is 31. The normalized spacial score (nSPS) is 12.6. The van der Waals surface area contributed by atoms with Crippen LogP contribution in [0.15, 0.2) is 24.3 Å². The second kappa shape index (κ2) is 33.1. The van der Waals surface area contributed by atoms with Crippen LogP contribution in [0.25, 0.3) is 0 Å². The third-order valence-electron chi connectivity index (χ3n) is 7.85. The SMILES string of the molecule is CCCCC/C=C\C/C=C\CCCCCCCC(=O)NC(CO)CCCCCCCCCCCCCCCC. The molecule has 0 heterocycles. The fraction of sp³-hybridized carbons (Fsp3) is 0.861. The van der Waals surface area contributed by atoms with Gasteiger partial charge >= 0.3 is 0 Å². The van der Waals surface area contributed by atoms with Crippen LogP contribution >= 0.6 is 0 Å². The Bertz CT molecular complexity index is 542. The van der Waals surface area contributed by atoms with Gasteiger partial charge in [0.1, 0.15) is 0 Å². The van der Waals surface area contributed by atoms with Crippen LogP contribution in [0.4, 0.5) is 0 Å². The maximum Gasteiger partial charge on any atom is 0.220 e. The summed E-state index contributed by atoms with van der Waals surface area (Å²) in [6.45, 7) is 4.59. The van der Waals surface area contributed by atoms with Gasteiger partial charge in [0.25, 0.3) is 0 Å². The van der Waals surface area contributed by atoms with Crippen molar-refractivity contribution >= 4 is 5.91 Å². The molecular weight excluding hydrogens is 478 g/mol. The summed E-state index contributed by atoms with van der Waals surface area (Å²) in [5.74, 6) is 0.116. The van der Waals surface area contributed by atoms with E-state index in [0.29, 0.717) is 6.42 Å². The van der Waals surface area contributed by atoms with Crippen molar-refractivity contribution in [1.29, 1.82) is 0 Å². The molecule has 0 fully saturated rings. The van der Waals surface area contributed by atoms with Gasteiger partial charge in [-0.2, -0.15) is 0 Å². The number of hydrogen-bond acceptors (Lipinski definition) is 2. The molecule has 1 unspecified atom stereocenters. The van der Waals surface area contributed by atoms with E-state index >= 15 is 0 Å². The Kier molecular flexibility index (Phi) is 32.2. The summed E-state index contributed by atoms with van der Waals surface area (Å²) in [6, 6.07) is -0.0622. The summed E-state index contributed by atoms with van der Waals surface area (Å²) in [6.07, 6.45) is 42.9. The van der Waals surface area contributed by atoms with Gasteiger partial charge in [-0.05, 0) is 44.9 Å². The fourth-order valence-electron chi connectivity index (χ4n) is 5.19. The molecule has 0 aromatic rings. The van der Waals surface area contributed by atoms with E-state index in [1.807, 2.05) is 0 Å². The summed E-state index contributed by atoms with van der Waals surface area (Å²) in [7, 11) is 0. The lowest BCUT2D eigenvalue weighted by molar-refractivity contribution is -0.122. The summed E-state index contributed by atoms with van der Waals surface area (Å²) in [5, 5.41) is 12.7. The Balaban J connectivity index is 3.47. The highest BCUT2D eigenvalue weighted by atomic mass is 16.3. The van der Waals surface area contributed by atoms with Crippen molar-refractivity contribution in [3.63, 3.8) is 0 Å². The van der Waals surface area contributed by atoms with Crippen molar-refractivity contribution in [2.24, 2.45) is 0 Å². The topological polar surface area (TPSA) is 49.3 Å². The van der Waals surface area contributed by atoms with E-state index < -0.39 is 0 Å². The van der Waals surface area contributed by atoms with E-state index in [-0.39, 0.29) is 18.6 Å². The molecule has 0 bridgehead atoms. The number of carbonyl (C=O) groups excluding carboxylic acids is 1. The molecule has 0 radical (unpaired) electrons. The molecule has 0 aliphatic rings. The van der Waals surface area contributed by atoms with Crippen molar-refractivity contribution in [3.05, 3.63) is 24.3 Å². The number of hydrogen-bond donors (Lipinski definition) is 2. The van der Waals surface area contributed by atoms with Gasteiger partial charge in [-0.15, -0.1) is 0 Å². The predicted molar refractivity (Wildman–Crippen MR) is 173 cm³/mol. The van der Waals surface area contributed by atoms with Gasteiger partial charge in [0.2, 0.25) is 5.91 Å². The number of aliphatic hydroxyl groups excluding tert-OH is 1. The second-order valence-electron chi connectivity index (χ2n) is 11.8. The summed E-state index contributed by atoms with van der Waals surface area (Å²) >= 11 is 0. The standard InChI is InChI=1S/C36H69NO2/c1-3-5-7-9-11-13-15-17-19-21-23-25-27-29-31-33-36(39)37-35(34-38)32-30-28-26-24-22-20-18-16-14-12-10-8-6-4-2/h11,13,17,19,35,38H,3-10,12,14-16,18,20-34H2,1-2H3,(H,37,39)/b13-11-,19-17-. The van der Waals surface area contributed by atoms with E-state index in [1.54, 1.807) is 0 Å². The van der Waals surface area contributed by atoms with E-state index in [4.69, 9.17) is 0 Å². The average Bonchev–Trinajstić information content (AvgIpc) is 2.94. The molecule has 3 nitrogen and oxygen atoms in total. The number of allylic oxidation sites excluding steroid dienone is 4. The average molecular weight is 548 g/mol. The Morgan fingerprint density at radius 1 is 0.564 bits per heavy atom. The first-order chi connectivity index (χ1) is 19.2. The molecule has 230 valence electrons. The Morgan fingerprint density at radius 3 is 1.49 bits per heavy atom. The summed E-state index contributed by atoms with van der Waals surface area (Å²) in [4.78, 5) is 12.3. The first kappa shape index (κ1) is 37.9. The molecule has 2 N–H and O–H groups in total. The number of unbranched alkanes of at least 4 members (excludes halogenated alkanes) is 21. The molecule has 0 saturated heterocycles. The molecular formula is C36H69NO2. The Labute approximate surface area is 245 Å². The number of nitrogens with one attached hydrogen (secondary N) is 1. The molecule has 0 aromatic carbocycles. The molecule has 39 heavy (non-hydrogen) atoms. The number of carbonyl (C=O) groups is 1. The number of amides is 1. The van der Waals surface area contributed by atoms with Gasteiger partial charge in [0.05, 0.1) is 12.6 Å². The molecule has 0 spiro atoms. The first-order valence-corrected chi connectivity index (χ1v) is 17.4. The van der Waals surface area contributed by atoms with Crippen LogP contribution in [0, 0.1) is 0 Å². The first-order valence-electron chi connectivity index (χ1n) is 17.4. The van der Waals surface area contributed by atoms with Gasteiger partial charge < -0.3 is 10.4 Å². The quantitative estimate of drug-likeness (QED) is 0.0669. The molecule has 0 saturated carbocycles. The monoisotopic (exact) mass is 548 g/mol.